The molecule has 0 radical (unpaired) electrons. The Morgan fingerprint density at radius 3 is 2.88 bits per heavy atom. The number of amides is 1. The molecule has 0 bridgehead atoms. The van der Waals surface area contributed by atoms with Gasteiger partial charge in [-0.1, -0.05) is 20.3 Å². The van der Waals surface area contributed by atoms with Gasteiger partial charge in [-0.3, -0.25) is 9.48 Å². The van der Waals surface area contributed by atoms with Gasteiger partial charge in [-0.05, 0) is 12.8 Å². The third kappa shape index (κ3) is 2.74. The number of rotatable bonds is 5. The summed E-state index contributed by atoms with van der Waals surface area (Å²) in [6.45, 7) is 7.44. The zero-order valence-electron chi connectivity index (χ0n) is 10.2. The molecule has 0 fully saturated rings. The maximum absolute atomic E-state index is 11.9. The zero-order chi connectivity index (χ0) is 12.1. The molecule has 0 aliphatic heterocycles. The van der Waals surface area contributed by atoms with Crippen LogP contribution in [0.3, 0.4) is 0 Å². The summed E-state index contributed by atoms with van der Waals surface area (Å²) in [6, 6.07) is 0. The second kappa shape index (κ2) is 5.53. The summed E-state index contributed by atoms with van der Waals surface area (Å²) in [4.78, 5) is 11.9. The van der Waals surface area contributed by atoms with Crippen molar-refractivity contribution < 1.29 is 4.79 Å². The number of nitrogens with zero attached hydrogens (tertiary/aromatic N) is 2. The fourth-order valence-electron chi connectivity index (χ4n) is 1.38. The molecule has 0 saturated carbocycles. The molecule has 1 heterocycles. The molecule has 3 N–H and O–H groups in total. The third-order valence-corrected chi connectivity index (χ3v) is 2.69. The first-order valence-electron chi connectivity index (χ1n) is 5.69. The molecule has 1 rings (SSSR count). The van der Waals surface area contributed by atoms with Crippen molar-refractivity contribution in [1.82, 2.24) is 15.1 Å². The first kappa shape index (κ1) is 12.5. The van der Waals surface area contributed by atoms with E-state index in [0.717, 1.165) is 6.42 Å². The Labute approximate surface area is 96.0 Å². The van der Waals surface area contributed by atoms with Gasteiger partial charge in [0, 0.05) is 13.1 Å². The predicted octanol–water partition coefficient (Wildman–Crippen LogP) is 1.26. The van der Waals surface area contributed by atoms with E-state index >= 15 is 0 Å². The summed E-state index contributed by atoms with van der Waals surface area (Å²) in [5, 5.41) is 6.90. The van der Waals surface area contributed by atoms with E-state index in [9.17, 15) is 4.79 Å². The van der Waals surface area contributed by atoms with Crippen LogP contribution in [0.5, 0.6) is 0 Å². The summed E-state index contributed by atoms with van der Waals surface area (Å²) in [6.07, 6.45) is 2.56. The smallest absolute Gasteiger partial charge is 0.271 e. The summed E-state index contributed by atoms with van der Waals surface area (Å²) < 4.78 is 1.61. The molecule has 1 aromatic heterocycles. The highest BCUT2D eigenvalue weighted by Crippen LogP contribution is 2.10. The summed E-state index contributed by atoms with van der Waals surface area (Å²) >= 11 is 0. The Bertz CT molecular complexity index is 359. The molecule has 1 atom stereocenters. The second-order valence-electron chi connectivity index (χ2n) is 3.99. The lowest BCUT2D eigenvalue weighted by Gasteiger charge is -2.11. The molecule has 90 valence electrons. The van der Waals surface area contributed by atoms with Crippen LogP contribution < -0.4 is 11.1 Å². The van der Waals surface area contributed by atoms with E-state index in [0.29, 0.717) is 30.4 Å². The van der Waals surface area contributed by atoms with Crippen LogP contribution in [0.15, 0.2) is 6.20 Å². The molecule has 0 saturated heterocycles. The molecular weight excluding hydrogens is 204 g/mol. The molecular formula is C11H20N4O. The lowest BCUT2D eigenvalue weighted by Crippen LogP contribution is -2.30. The van der Waals surface area contributed by atoms with Gasteiger partial charge in [0.15, 0.2) is 0 Å². The molecule has 0 aliphatic carbocycles. The number of hydrogen-bond donors (Lipinski definition) is 2. The maximum Gasteiger partial charge on any atom is 0.271 e. The highest BCUT2D eigenvalue weighted by molar-refractivity contribution is 5.97. The van der Waals surface area contributed by atoms with Crippen molar-refractivity contribution in [2.24, 2.45) is 5.92 Å². The fourth-order valence-corrected chi connectivity index (χ4v) is 1.38. The number of aryl methyl sites for hydroxylation is 1. The largest absolute Gasteiger partial charge is 0.396 e. The van der Waals surface area contributed by atoms with Crippen molar-refractivity contribution >= 4 is 11.6 Å². The van der Waals surface area contributed by atoms with Crippen LogP contribution >= 0.6 is 0 Å². The monoisotopic (exact) mass is 224 g/mol. The maximum atomic E-state index is 11.9. The number of anilines is 1. The van der Waals surface area contributed by atoms with E-state index < -0.39 is 0 Å². The average Bonchev–Trinajstić information content (AvgIpc) is 2.66. The minimum absolute atomic E-state index is 0.142. The number of nitrogen functional groups attached to an aromatic ring is 1. The third-order valence-electron chi connectivity index (χ3n) is 2.69. The van der Waals surface area contributed by atoms with Crippen LogP contribution in [0, 0.1) is 5.92 Å². The molecule has 1 unspecified atom stereocenters. The van der Waals surface area contributed by atoms with Gasteiger partial charge in [-0.2, -0.15) is 5.10 Å². The standard InChI is InChI=1S/C11H20N4O/c1-4-8(3)6-13-11(16)10-9(12)7-14-15(10)5-2/h7-8H,4-6,12H2,1-3H3,(H,13,16). The summed E-state index contributed by atoms with van der Waals surface area (Å²) in [5.41, 5.74) is 6.61. The molecule has 5 heteroatoms. The minimum atomic E-state index is -0.142. The molecule has 0 aliphatic rings. The van der Waals surface area contributed by atoms with E-state index in [1.54, 1.807) is 4.68 Å². The van der Waals surface area contributed by atoms with Crippen LogP contribution in [0.25, 0.3) is 0 Å². The highest BCUT2D eigenvalue weighted by Gasteiger charge is 2.15. The zero-order valence-corrected chi connectivity index (χ0v) is 10.2. The topological polar surface area (TPSA) is 72.9 Å². The van der Waals surface area contributed by atoms with Gasteiger partial charge in [0.2, 0.25) is 0 Å². The van der Waals surface area contributed by atoms with E-state index in [1.165, 1.54) is 6.20 Å². The van der Waals surface area contributed by atoms with Crippen LogP contribution in [-0.4, -0.2) is 22.2 Å². The summed E-state index contributed by atoms with van der Waals surface area (Å²) in [7, 11) is 0. The van der Waals surface area contributed by atoms with Gasteiger partial charge in [0.25, 0.3) is 5.91 Å². The summed E-state index contributed by atoms with van der Waals surface area (Å²) in [5.74, 6) is 0.334. The fraction of sp³-hybridized carbons (Fsp3) is 0.636. The van der Waals surface area contributed by atoms with Crippen molar-refractivity contribution in [3.8, 4) is 0 Å². The van der Waals surface area contributed by atoms with Gasteiger partial charge >= 0.3 is 0 Å². The number of carbonyl (C=O) groups is 1. The first-order chi connectivity index (χ1) is 7.60. The minimum Gasteiger partial charge on any atom is -0.396 e. The quantitative estimate of drug-likeness (QED) is 0.790. The van der Waals surface area contributed by atoms with Gasteiger partial charge in [0.05, 0.1) is 11.9 Å². The van der Waals surface area contributed by atoms with Crippen molar-refractivity contribution in [2.75, 3.05) is 12.3 Å². The van der Waals surface area contributed by atoms with Gasteiger partial charge in [-0.15, -0.1) is 0 Å². The number of nitrogens with one attached hydrogen (secondary N) is 1. The lowest BCUT2D eigenvalue weighted by atomic mass is 10.1. The van der Waals surface area contributed by atoms with Crippen molar-refractivity contribution in [3.05, 3.63) is 11.9 Å². The normalized spacial score (nSPS) is 12.4. The average molecular weight is 224 g/mol. The van der Waals surface area contributed by atoms with Crippen LogP contribution in [0.1, 0.15) is 37.7 Å². The molecule has 16 heavy (non-hydrogen) atoms. The predicted molar refractivity (Wildman–Crippen MR) is 64.1 cm³/mol. The molecule has 0 spiro atoms. The Kier molecular flexibility index (Phi) is 4.34. The van der Waals surface area contributed by atoms with E-state index in [2.05, 4.69) is 24.3 Å². The highest BCUT2D eigenvalue weighted by atomic mass is 16.2. The number of carbonyl (C=O) groups excluding carboxylic acids is 1. The van der Waals surface area contributed by atoms with Crippen molar-refractivity contribution in [2.45, 2.75) is 33.7 Å². The molecule has 5 nitrogen and oxygen atoms in total. The van der Waals surface area contributed by atoms with E-state index in [1.807, 2.05) is 6.92 Å². The van der Waals surface area contributed by atoms with Crippen LogP contribution in [-0.2, 0) is 6.54 Å². The van der Waals surface area contributed by atoms with Crippen molar-refractivity contribution in [3.63, 3.8) is 0 Å². The van der Waals surface area contributed by atoms with E-state index in [-0.39, 0.29) is 5.91 Å². The number of nitrogens with two attached hydrogens (primary N) is 1. The Morgan fingerprint density at radius 2 is 2.31 bits per heavy atom. The molecule has 1 amide bonds. The molecule has 1 aromatic rings. The van der Waals surface area contributed by atoms with Crippen molar-refractivity contribution in [1.29, 1.82) is 0 Å². The second-order valence-corrected chi connectivity index (χ2v) is 3.99. The number of aromatic nitrogens is 2. The molecule has 0 aromatic carbocycles. The Hall–Kier alpha value is -1.52. The lowest BCUT2D eigenvalue weighted by molar-refractivity contribution is 0.0938. The van der Waals surface area contributed by atoms with Crippen LogP contribution in [0.4, 0.5) is 5.69 Å². The SMILES string of the molecule is CCC(C)CNC(=O)c1c(N)cnn1CC. The van der Waals surface area contributed by atoms with Gasteiger partial charge in [0.1, 0.15) is 5.69 Å². The van der Waals surface area contributed by atoms with Gasteiger partial charge < -0.3 is 11.1 Å². The Balaban J connectivity index is 2.69. The Morgan fingerprint density at radius 1 is 1.62 bits per heavy atom. The van der Waals surface area contributed by atoms with Crippen LogP contribution in [0.2, 0.25) is 0 Å². The number of hydrogen-bond acceptors (Lipinski definition) is 3. The first-order valence-corrected chi connectivity index (χ1v) is 5.69. The van der Waals surface area contributed by atoms with E-state index in [4.69, 9.17) is 5.73 Å². The van der Waals surface area contributed by atoms with Gasteiger partial charge in [-0.25, -0.2) is 0 Å².